The number of aliphatic hydroxyl groups is 1. The fraction of sp³-hybridized carbons (Fsp3) is 0.455. The van der Waals surface area contributed by atoms with Crippen molar-refractivity contribution in [2.24, 2.45) is 0 Å². The Morgan fingerprint density at radius 3 is 2.62 bits per heavy atom. The predicted molar refractivity (Wildman–Crippen MR) is 58.9 cm³/mol. The molecule has 0 heterocycles. The molecular weight excluding hydrogens is 228 g/mol. The lowest BCUT2D eigenvalue weighted by Crippen LogP contribution is -2.01. The third-order valence-corrected chi connectivity index (χ3v) is 2.41. The highest BCUT2D eigenvalue weighted by molar-refractivity contribution is 9.10. The number of aliphatic hydroxyl groups excluding tert-OH is 1. The average molecular weight is 243 g/mol. The zero-order valence-corrected chi connectivity index (χ0v) is 9.63. The number of hydrogen-bond acceptors (Lipinski definition) is 1. The van der Waals surface area contributed by atoms with E-state index in [1.54, 1.807) is 0 Å². The van der Waals surface area contributed by atoms with Crippen LogP contribution < -0.4 is 0 Å². The first-order valence-electron chi connectivity index (χ1n) is 4.52. The van der Waals surface area contributed by atoms with Gasteiger partial charge in [-0.2, -0.15) is 0 Å². The van der Waals surface area contributed by atoms with Crippen molar-refractivity contribution >= 4 is 15.9 Å². The molecule has 1 N–H and O–H groups in total. The minimum Gasteiger partial charge on any atom is -0.393 e. The highest BCUT2D eigenvalue weighted by Gasteiger charge is 1.99. The second-order valence-electron chi connectivity index (χ2n) is 3.52. The topological polar surface area (TPSA) is 20.2 Å². The lowest BCUT2D eigenvalue weighted by Gasteiger charge is -2.05. The van der Waals surface area contributed by atoms with Gasteiger partial charge < -0.3 is 5.11 Å². The van der Waals surface area contributed by atoms with E-state index in [4.69, 9.17) is 5.11 Å². The van der Waals surface area contributed by atoms with Gasteiger partial charge in [-0.05, 0) is 49.9 Å². The van der Waals surface area contributed by atoms with Crippen molar-refractivity contribution in [1.82, 2.24) is 0 Å². The Morgan fingerprint density at radius 1 is 1.38 bits per heavy atom. The maximum atomic E-state index is 9.14. The molecule has 0 saturated carbocycles. The first-order chi connectivity index (χ1) is 6.08. The summed E-state index contributed by atoms with van der Waals surface area (Å²) in [5.74, 6) is 0. The monoisotopic (exact) mass is 242 g/mol. The summed E-state index contributed by atoms with van der Waals surface area (Å²) in [6, 6.07) is 6.36. The van der Waals surface area contributed by atoms with Gasteiger partial charge in [-0.1, -0.05) is 22.0 Å². The Bertz CT molecular complexity index is 261. The molecule has 0 aliphatic heterocycles. The molecule has 1 atom stereocenters. The molecule has 0 aromatic heterocycles. The summed E-state index contributed by atoms with van der Waals surface area (Å²) in [6.45, 7) is 3.90. The van der Waals surface area contributed by atoms with Crippen LogP contribution in [0.2, 0.25) is 0 Å². The van der Waals surface area contributed by atoms with E-state index < -0.39 is 0 Å². The first-order valence-corrected chi connectivity index (χ1v) is 5.31. The Balaban J connectivity index is 2.66. The average Bonchev–Trinajstić information content (AvgIpc) is 1.99. The fourth-order valence-corrected chi connectivity index (χ4v) is 1.99. The lowest BCUT2D eigenvalue weighted by atomic mass is 10.1. The van der Waals surface area contributed by atoms with Crippen molar-refractivity contribution in [2.75, 3.05) is 0 Å². The highest BCUT2D eigenvalue weighted by atomic mass is 79.9. The van der Waals surface area contributed by atoms with E-state index in [0.717, 1.165) is 17.3 Å². The quantitative estimate of drug-likeness (QED) is 0.864. The SMILES string of the molecule is Cc1cc(Br)cc(CC[C@H](C)O)c1. The number of aryl methyl sites for hydroxylation is 2. The maximum absolute atomic E-state index is 9.14. The van der Waals surface area contributed by atoms with Gasteiger partial charge in [0.25, 0.3) is 0 Å². The highest BCUT2D eigenvalue weighted by Crippen LogP contribution is 2.16. The summed E-state index contributed by atoms with van der Waals surface area (Å²) >= 11 is 3.46. The molecule has 0 fully saturated rings. The van der Waals surface area contributed by atoms with Crippen LogP contribution in [0.15, 0.2) is 22.7 Å². The Morgan fingerprint density at radius 2 is 2.08 bits per heavy atom. The molecule has 0 radical (unpaired) electrons. The summed E-state index contributed by atoms with van der Waals surface area (Å²) in [6.07, 6.45) is 1.56. The molecule has 13 heavy (non-hydrogen) atoms. The maximum Gasteiger partial charge on any atom is 0.0515 e. The first kappa shape index (κ1) is 10.7. The fourth-order valence-electron chi connectivity index (χ4n) is 1.33. The number of halogens is 1. The van der Waals surface area contributed by atoms with Gasteiger partial charge in [0.2, 0.25) is 0 Å². The Hall–Kier alpha value is -0.340. The van der Waals surface area contributed by atoms with Crippen molar-refractivity contribution in [3.8, 4) is 0 Å². The smallest absolute Gasteiger partial charge is 0.0515 e. The van der Waals surface area contributed by atoms with Gasteiger partial charge in [-0.3, -0.25) is 0 Å². The van der Waals surface area contributed by atoms with Gasteiger partial charge in [0.15, 0.2) is 0 Å². The summed E-state index contributed by atoms with van der Waals surface area (Å²) in [5.41, 5.74) is 2.54. The van der Waals surface area contributed by atoms with Gasteiger partial charge in [0.1, 0.15) is 0 Å². The molecule has 1 aromatic rings. The number of hydrogen-bond donors (Lipinski definition) is 1. The van der Waals surface area contributed by atoms with Crippen LogP contribution in [0.5, 0.6) is 0 Å². The van der Waals surface area contributed by atoms with Crippen LogP contribution in [0.3, 0.4) is 0 Å². The lowest BCUT2D eigenvalue weighted by molar-refractivity contribution is 0.185. The molecule has 0 saturated heterocycles. The second kappa shape index (κ2) is 4.77. The largest absolute Gasteiger partial charge is 0.393 e. The zero-order valence-electron chi connectivity index (χ0n) is 8.05. The van der Waals surface area contributed by atoms with E-state index in [1.807, 2.05) is 6.92 Å². The van der Waals surface area contributed by atoms with Crippen LogP contribution in [0.25, 0.3) is 0 Å². The van der Waals surface area contributed by atoms with E-state index in [2.05, 4.69) is 41.1 Å². The van der Waals surface area contributed by atoms with Crippen molar-refractivity contribution in [3.63, 3.8) is 0 Å². The normalized spacial score (nSPS) is 12.9. The molecule has 0 spiro atoms. The number of benzene rings is 1. The van der Waals surface area contributed by atoms with Crippen molar-refractivity contribution in [1.29, 1.82) is 0 Å². The van der Waals surface area contributed by atoms with E-state index in [0.29, 0.717) is 0 Å². The van der Waals surface area contributed by atoms with Crippen LogP contribution in [0.4, 0.5) is 0 Å². The van der Waals surface area contributed by atoms with Gasteiger partial charge >= 0.3 is 0 Å². The predicted octanol–water partition coefficient (Wildman–Crippen LogP) is 3.07. The van der Waals surface area contributed by atoms with Crippen LogP contribution in [0.1, 0.15) is 24.5 Å². The molecule has 2 heteroatoms. The molecule has 0 aliphatic rings. The standard InChI is InChI=1S/C11H15BrO/c1-8-5-10(4-3-9(2)13)7-11(12)6-8/h5-7,9,13H,3-4H2,1-2H3/t9-/m0/s1. The van der Waals surface area contributed by atoms with Crippen molar-refractivity contribution in [3.05, 3.63) is 33.8 Å². The molecule has 1 rings (SSSR count). The van der Waals surface area contributed by atoms with Crippen LogP contribution in [-0.4, -0.2) is 11.2 Å². The van der Waals surface area contributed by atoms with E-state index in [-0.39, 0.29) is 6.10 Å². The molecule has 0 aliphatic carbocycles. The number of rotatable bonds is 3. The Kier molecular flexibility index (Phi) is 3.94. The van der Waals surface area contributed by atoms with Gasteiger partial charge in [0.05, 0.1) is 6.10 Å². The van der Waals surface area contributed by atoms with Gasteiger partial charge in [0, 0.05) is 4.47 Å². The van der Waals surface area contributed by atoms with Crippen LogP contribution in [0, 0.1) is 6.92 Å². The van der Waals surface area contributed by atoms with Crippen LogP contribution >= 0.6 is 15.9 Å². The molecular formula is C11H15BrO. The van der Waals surface area contributed by atoms with Gasteiger partial charge in [-0.15, -0.1) is 0 Å². The minimum absolute atomic E-state index is 0.209. The Labute approximate surface area is 87.9 Å². The van der Waals surface area contributed by atoms with Crippen LogP contribution in [-0.2, 0) is 6.42 Å². The van der Waals surface area contributed by atoms with E-state index >= 15 is 0 Å². The molecule has 0 unspecified atom stereocenters. The summed E-state index contributed by atoms with van der Waals surface area (Å²) in [4.78, 5) is 0. The minimum atomic E-state index is -0.209. The molecule has 72 valence electrons. The second-order valence-corrected chi connectivity index (χ2v) is 4.44. The van der Waals surface area contributed by atoms with Crippen molar-refractivity contribution < 1.29 is 5.11 Å². The van der Waals surface area contributed by atoms with Crippen molar-refractivity contribution in [2.45, 2.75) is 32.8 Å². The summed E-state index contributed by atoms with van der Waals surface area (Å²) < 4.78 is 1.12. The van der Waals surface area contributed by atoms with E-state index in [1.165, 1.54) is 11.1 Å². The summed E-state index contributed by atoms with van der Waals surface area (Å²) in [7, 11) is 0. The zero-order chi connectivity index (χ0) is 9.84. The summed E-state index contributed by atoms with van der Waals surface area (Å²) in [5, 5.41) is 9.14. The third-order valence-electron chi connectivity index (χ3n) is 1.95. The van der Waals surface area contributed by atoms with E-state index in [9.17, 15) is 0 Å². The molecule has 0 bridgehead atoms. The third kappa shape index (κ3) is 3.92. The molecule has 1 nitrogen and oxygen atoms in total. The molecule has 0 amide bonds. The van der Waals surface area contributed by atoms with Gasteiger partial charge in [-0.25, -0.2) is 0 Å². The molecule has 1 aromatic carbocycles.